The zero-order valence-corrected chi connectivity index (χ0v) is 11.7. The normalized spacial score (nSPS) is 9.63. The average Bonchev–Trinajstić information content (AvgIpc) is 2.38. The van der Waals surface area contributed by atoms with Gasteiger partial charge in [-0.3, -0.25) is 0 Å². The monoisotopic (exact) mass is 250 g/mol. The minimum Gasteiger partial charge on any atom is -0.441 e. The Morgan fingerprint density at radius 2 is 1.58 bits per heavy atom. The molecular weight excluding hydrogens is 232 g/mol. The first-order valence-electron chi connectivity index (χ1n) is 6.41. The summed E-state index contributed by atoms with van der Waals surface area (Å²) in [6.07, 6.45) is 2.77. The van der Waals surface area contributed by atoms with Crippen molar-refractivity contribution in [3.63, 3.8) is 0 Å². The molecule has 0 N–H and O–H groups in total. The number of hydrogen-bond donors (Lipinski definition) is 0. The van der Waals surface area contributed by atoms with Gasteiger partial charge in [0.25, 0.3) is 0 Å². The van der Waals surface area contributed by atoms with Crippen LogP contribution in [-0.4, -0.2) is 0 Å². The SMILES string of the molecule is Cc1cc(C)c(COC#Cc2ccccc2)c(C)c1. The van der Waals surface area contributed by atoms with Crippen LogP contribution < -0.4 is 0 Å². The summed E-state index contributed by atoms with van der Waals surface area (Å²) < 4.78 is 5.46. The predicted octanol–water partition coefficient (Wildman–Crippen LogP) is 4.14. The first kappa shape index (κ1) is 13.2. The van der Waals surface area contributed by atoms with Gasteiger partial charge in [0.2, 0.25) is 0 Å². The molecule has 0 fully saturated rings. The topological polar surface area (TPSA) is 9.23 Å². The lowest BCUT2D eigenvalue weighted by Crippen LogP contribution is -1.96. The molecule has 0 unspecified atom stereocenters. The smallest absolute Gasteiger partial charge is 0.126 e. The third-order valence-corrected chi connectivity index (χ3v) is 3.10. The molecule has 0 aliphatic heterocycles. The zero-order chi connectivity index (χ0) is 13.7. The van der Waals surface area contributed by atoms with Gasteiger partial charge in [0.05, 0.1) is 0 Å². The molecule has 0 bridgehead atoms. The summed E-state index contributed by atoms with van der Waals surface area (Å²) in [7, 11) is 0. The van der Waals surface area contributed by atoms with Gasteiger partial charge >= 0.3 is 0 Å². The molecule has 1 nitrogen and oxygen atoms in total. The molecule has 0 aliphatic rings. The van der Waals surface area contributed by atoms with Crippen molar-refractivity contribution >= 4 is 0 Å². The number of hydrogen-bond acceptors (Lipinski definition) is 1. The fourth-order valence-corrected chi connectivity index (χ4v) is 2.16. The van der Waals surface area contributed by atoms with E-state index in [1.54, 1.807) is 0 Å². The summed E-state index contributed by atoms with van der Waals surface area (Å²) in [5.41, 5.74) is 6.01. The quantitative estimate of drug-likeness (QED) is 0.728. The minimum atomic E-state index is 0.539. The highest BCUT2D eigenvalue weighted by atomic mass is 16.5. The molecule has 2 aromatic carbocycles. The molecule has 0 radical (unpaired) electrons. The van der Waals surface area contributed by atoms with E-state index in [2.05, 4.69) is 44.9 Å². The van der Waals surface area contributed by atoms with Crippen molar-refractivity contribution in [2.24, 2.45) is 0 Å². The highest BCUT2D eigenvalue weighted by Crippen LogP contribution is 2.17. The van der Waals surface area contributed by atoms with E-state index in [9.17, 15) is 0 Å². The molecule has 0 aliphatic carbocycles. The standard InChI is InChI=1S/C18H18O/c1-14-11-15(2)18(16(3)12-14)13-19-10-9-17-7-5-4-6-8-17/h4-8,11-12H,13H2,1-3H3. The van der Waals surface area contributed by atoms with E-state index in [0.717, 1.165) is 5.56 Å². The number of aryl methyl sites for hydroxylation is 3. The number of ether oxygens (including phenoxy) is 1. The summed E-state index contributed by atoms with van der Waals surface area (Å²) in [5.74, 6) is 2.99. The van der Waals surface area contributed by atoms with Crippen molar-refractivity contribution in [2.75, 3.05) is 0 Å². The Labute approximate surface area is 115 Å². The Bertz CT molecular complexity index is 592. The van der Waals surface area contributed by atoms with Crippen LogP contribution in [-0.2, 0) is 11.3 Å². The van der Waals surface area contributed by atoms with Gasteiger partial charge in [0, 0.05) is 5.56 Å². The van der Waals surface area contributed by atoms with Crippen molar-refractivity contribution < 1.29 is 4.74 Å². The molecular formula is C18H18O. The van der Waals surface area contributed by atoms with Crippen molar-refractivity contribution in [1.29, 1.82) is 0 Å². The van der Waals surface area contributed by atoms with Crippen LogP contribution in [0.2, 0.25) is 0 Å². The fourth-order valence-electron chi connectivity index (χ4n) is 2.16. The van der Waals surface area contributed by atoms with Crippen LogP contribution in [0.5, 0.6) is 0 Å². The Hall–Kier alpha value is -2.20. The van der Waals surface area contributed by atoms with Gasteiger partial charge in [-0.15, -0.1) is 0 Å². The highest BCUT2D eigenvalue weighted by Gasteiger charge is 2.03. The van der Waals surface area contributed by atoms with E-state index in [0.29, 0.717) is 6.61 Å². The van der Waals surface area contributed by atoms with Gasteiger partial charge in [-0.1, -0.05) is 35.9 Å². The highest BCUT2D eigenvalue weighted by molar-refractivity contribution is 5.37. The molecule has 0 aromatic heterocycles. The maximum absolute atomic E-state index is 5.46. The average molecular weight is 250 g/mol. The van der Waals surface area contributed by atoms with Crippen LogP contribution in [0.25, 0.3) is 0 Å². The summed E-state index contributed by atoms with van der Waals surface area (Å²) >= 11 is 0. The van der Waals surface area contributed by atoms with Crippen molar-refractivity contribution in [3.8, 4) is 12.0 Å². The van der Waals surface area contributed by atoms with Crippen LogP contribution in [0, 0.1) is 32.8 Å². The Kier molecular flexibility index (Phi) is 4.26. The fraction of sp³-hybridized carbons (Fsp3) is 0.222. The first-order valence-corrected chi connectivity index (χ1v) is 6.41. The van der Waals surface area contributed by atoms with Crippen LogP contribution in [0.4, 0.5) is 0 Å². The van der Waals surface area contributed by atoms with Gasteiger partial charge in [0.15, 0.2) is 0 Å². The van der Waals surface area contributed by atoms with Gasteiger partial charge in [-0.05, 0) is 55.5 Å². The second-order valence-electron chi connectivity index (χ2n) is 4.76. The van der Waals surface area contributed by atoms with Crippen molar-refractivity contribution in [3.05, 3.63) is 70.3 Å². The van der Waals surface area contributed by atoms with Crippen LogP contribution >= 0.6 is 0 Å². The van der Waals surface area contributed by atoms with Crippen LogP contribution in [0.1, 0.15) is 27.8 Å². The van der Waals surface area contributed by atoms with E-state index in [-0.39, 0.29) is 0 Å². The molecule has 19 heavy (non-hydrogen) atoms. The largest absolute Gasteiger partial charge is 0.441 e. The summed E-state index contributed by atoms with van der Waals surface area (Å²) in [6, 6.07) is 14.2. The third kappa shape index (κ3) is 3.63. The number of rotatable bonds is 2. The van der Waals surface area contributed by atoms with Crippen molar-refractivity contribution in [1.82, 2.24) is 0 Å². The zero-order valence-electron chi connectivity index (χ0n) is 11.7. The molecule has 0 amide bonds. The second kappa shape index (κ2) is 6.11. The Morgan fingerprint density at radius 3 is 2.21 bits per heavy atom. The third-order valence-electron chi connectivity index (χ3n) is 3.10. The molecule has 0 heterocycles. The van der Waals surface area contributed by atoms with E-state index >= 15 is 0 Å². The molecule has 2 aromatic rings. The molecule has 0 atom stereocenters. The van der Waals surface area contributed by atoms with E-state index in [1.165, 1.54) is 22.3 Å². The second-order valence-corrected chi connectivity index (χ2v) is 4.76. The van der Waals surface area contributed by atoms with Gasteiger partial charge in [0.1, 0.15) is 12.7 Å². The molecule has 2 rings (SSSR count). The lowest BCUT2D eigenvalue weighted by molar-refractivity contribution is 0.263. The predicted molar refractivity (Wildman–Crippen MR) is 78.8 cm³/mol. The van der Waals surface area contributed by atoms with E-state index in [1.807, 2.05) is 30.3 Å². The maximum Gasteiger partial charge on any atom is 0.126 e. The lowest BCUT2D eigenvalue weighted by atomic mass is 10.0. The summed E-state index contributed by atoms with van der Waals surface area (Å²) in [4.78, 5) is 0. The maximum atomic E-state index is 5.46. The van der Waals surface area contributed by atoms with E-state index in [4.69, 9.17) is 4.74 Å². The van der Waals surface area contributed by atoms with Crippen LogP contribution in [0.15, 0.2) is 42.5 Å². The first-order chi connectivity index (χ1) is 9.16. The molecule has 1 heteroatoms. The van der Waals surface area contributed by atoms with Crippen LogP contribution in [0.3, 0.4) is 0 Å². The molecule has 96 valence electrons. The van der Waals surface area contributed by atoms with Gasteiger partial charge < -0.3 is 4.74 Å². The molecule has 0 saturated carbocycles. The molecule has 0 spiro atoms. The Morgan fingerprint density at radius 1 is 0.947 bits per heavy atom. The minimum absolute atomic E-state index is 0.539. The van der Waals surface area contributed by atoms with Gasteiger partial charge in [-0.2, -0.15) is 0 Å². The van der Waals surface area contributed by atoms with E-state index < -0.39 is 0 Å². The summed E-state index contributed by atoms with van der Waals surface area (Å²) in [6.45, 7) is 6.88. The lowest BCUT2D eigenvalue weighted by Gasteiger charge is -2.09. The molecule has 0 saturated heterocycles. The van der Waals surface area contributed by atoms with Crippen molar-refractivity contribution in [2.45, 2.75) is 27.4 Å². The number of benzene rings is 2. The van der Waals surface area contributed by atoms with Gasteiger partial charge in [-0.25, -0.2) is 0 Å². The summed E-state index contributed by atoms with van der Waals surface area (Å²) in [5, 5.41) is 0. The Balaban J connectivity index is 2.03.